The Labute approximate surface area is 108 Å². The minimum atomic E-state index is -4.43. The molecule has 0 amide bonds. The van der Waals surface area contributed by atoms with Gasteiger partial charge in [-0.15, -0.1) is 0 Å². The third kappa shape index (κ3) is 2.96. The Morgan fingerprint density at radius 3 is 2.58 bits per heavy atom. The molecule has 1 aromatic heterocycles. The fourth-order valence-electron chi connectivity index (χ4n) is 1.82. The van der Waals surface area contributed by atoms with Gasteiger partial charge in [0.2, 0.25) is 0 Å². The van der Waals surface area contributed by atoms with Gasteiger partial charge in [0.05, 0.1) is 12.3 Å². The zero-order chi connectivity index (χ0) is 14.0. The highest BCUT2D eigenvalue weighted by Gasteiger charge is 2.34. The van der Waals surface area contributed by atoms with Crippen molar-refractivity contribution in [3.05, 3.63) is 47.3 Å². The van der Waals surface area contributed by atoms with E-state index in [1.807, 2.05) is 6.07 Å². The molecule has 1 heterocycles. The highest BCUT2D eigenvalue weighted by Crippen LogP contribution is 2.29. The largest absolute Gasteiger partial charge is 0.435 e. The molecular weight excluding hydrogens is 257 g/mol. The van der Waals surface area contributed by atoms with E-state index < -0.39 is 11.9 Å². The first-order valence-corrected chi connectivity index (χ1v) is 5.64. The quantitative estimate of drug-likeness (QED) is 0.855. The van der Waals surface area contributed by atoms with Crippen molar-refractivity contribution in [1.82, 2.24) is 9.78 Å². The Kier molecular flexibility index (Phi) is 3.61. The van der Waals surface area contributed by atoms with Gasteiger partial charge < -0.3 is 4.74 Å². The van der Waals surface area contributed by atoms with Crippen LogP contribution in [0.3, 0.4) is 0 Å². The summed E-state index contributed by atoms with van der Waals surface area (Å²) in [5.41, 5.74) is 1.01. The Balaban J connectivity index is 2.41. The van der Waals surface area contributed by atoms with Gasteiger partial charge in [-0.3, -0.25) is 0 Å². The van der Waals surface area contributed by atoms with Crippen molar-refractivity contribution in [1.29, 1.82) is 0 Å². The molecule has 0 saturated heterocycles. The first-order chi connectivity index (χ1) is 8.91. The summed E-state index contributed by atoms with van der Waals surface area (Å²) < 4.78 is 44.1. The predicted molar refractivity (Wildman–Crippen MR) is 64.0 cm³/mol. The van der Waals surface area contributed by atoms with E-state index in [4.69, 9.17) is 4.74 Å². The molecule has 0 fully saturated rings. The van der Waals surface area contributed by atoms with Crippen LogP contribution in [0.2, 0.25) is 0 Å². The van der Waals surface area contributed by atoms with E-state index >= 15 is 0 Å². The highest BCUT2D eigenvalue weighted by atomic mass is 19.4. The first-order valence-electron chi connectivity index (χ1n) is 5.64. The van der Waals surface area contributed by atoms with E-state index in [0.717, 1.165) is 11.6 Å². The van der Waals surface area contributed by atoms with Crippen molar-refractivity contribution in [2.24, 2.45) is 0 Å². The van der Waals surface area contributed by atoms with Crippen LogP contribution in [0.1, 0.15) is 17.0 Å². The van der Waals surface area contributed by atoms with Crippen molar-refractivity contribution < 1.29 is 17.9 Å². The molecule has 6 heteroatoms. The first kappa shape index (κ1) is 13.6. The van der Waals surface area contributed by atoms with Crippen LogP contribution in [0.25, 0.3) is 5.69 Å². The van der Waals surface area contributed by atoms with Gasteiger partial charge >= 0.3 is 6.18 Å². The third-order valence-corrected chi connectivity index (χ3v) is 2.64. The zero-order valence-electron chi connectivity index (χ0n) is 10.5. The maximum atomic E-state index is 12.6. The Morgan fingerprint density at radius 1 is 1.26 bits per heavy atom. The molecule has 0 aliphatic carbocycles. The fourth-order valence-corrected chi connectivity index (χ4v) is 1.82. The molecule has 2 aromatic rings. The number of ether oxygens (including phenoxy) is 1. The van der Waals surface area contributed by atoms with Crippen molar-refractivity contribution in [3.63, 3.8) is 0 Å². The summed E-state index contributed by atoms with van der Waals surface area (Å²) in [5.74, 6) is 0. The van der Waals surface area contributed by atoms with E-state index in [0.29, 0.717) is 18.0 Å². The lowest BCUT2D eigenvalue weighted by Gasteiger charge is -2.07. The molecule has 0 saturated carbocycles. The van der Waals surface area contributed by atoms with Gasteiger partial charge in [-0.1, -0.05) is 12.1 Å². The molecule has 2 rings (SSSR count). The van der Waals surface area contributed by atoms with E-state index in [9.17, 15) is 13.2 Å². The molecule has 19 heavy (non-hydrogen) atoms. The number of aromatic nitrogens is 2. The standard InChI is InChI=1S/C13H13F3N2O/c1-9-6-12(13(14,15)16)17-18(9)11-5-3-4-10(7-11)8-19-2/h3-7H,8H2,1-2H3. The van der Waals surface area contributed by atoms with Crippen LogP contribution in [-0.2, 0) is 17.5 Å². The van der Waals surface area contributed by atoms with Crippen LogP contribution >= 0.6 is 0 Å². The minimum Gasteiger partial charge on any atom is -0.380 e. The number of rotatable bonds is 3. The monoisotopic (exact) mass is 270 g/mol. The molecule has 0 spiro atoms. The van der Waals surface area contributed by atoms with Crippen LogP contribution in [0.4, 0.5) is 13.2 Å². The van der Waals surface area contributed by atoms with Gasteiger partial charge in [0.15, 0.2) is 5.69 Å². The summed E-state index contributed by atoms with van der Waals surface area (Å²) in [4.78, 5) is 0. The summed E-state index contributed by atoms with van der Waals surface area (Å²) in [5, 5.41) is 3.60. The van der Waals surface area contributed by atoms with E-state index in [1.54, 1.807) is 32.2 Å². The molecule has 1 aromatic carbocycles. The predicted octanol–water partition coefficient (Wildman–Crippen LogP) is 3.35. The second-order valence-electron chi connectivity index (χ2n) is 4.18. The van der Waals surface area contributed by atoms with Gasteiger partial charge in [0.1, 0.15) is 0 Å². The Hall–Kier alpha value is -1.82. The summed E-state index contributed by atoms with van der Waals surface area (Å²) in [6, 6.07) is 8.10. The molecule has 3 nitrogen and oxygen atoms in total. The normalized spacial score (nSPS) is 11.8. The number of alkyl halides is 3. The maximum Gasteiger partial charge on any atom is 0.435 e. The minimum absolute atomic E-state index is 0.403. The smallest absolute Gasteiger partial charge is 0.380 e. The summed E-state index contributed by atoms with van der Waals surface area (Å²) in [7, 11) is 1.56. The van der Waals surface area contributed by atoms with Crippen molar-refractivity contribution in [2.45, 2.75) is 19.7 Å². The molecule has 0 aliphatic rings. The lowest BCUT2D eigenvalue weighted by atomic mass is 10.2. The number of halogens is 3. The van der Waals surface area contributed by atoms with E-state index in [2.05, 4.69) is 5.10 Å². The molecule has 0 bridgehead atoms. The van der Waals surface area contributed by atoms with Gasteiger partial charge in [0.25, 0.3) is 0 Å². The molecular formula is C13H13F3N2O. The number of aryl methyl sites for hydroxylation is 1. The molecule has 0 N–H and O–H groups in total. The van der Waals surface area contributed by atoms with Crippen molar-refractivity contribution >= 4 is 0 Å². The van der Waals surface area contributed by atoms with Gasteiger partial charge in [-0.05, 0) is 30.7 Å². The third-order valence-electron chi connectivity index (χ3n) is 2.64. The SMILES string of the molecule is COCc1cccc(-n2nc(C(F)(F)F)cc2C)c1. The maximum absolute atomic E-state index is 12.6. The number of benzene rings is 1. The molecule has 0 radical (unpaired) electrons. The molecule has 0 unspecified atom stereocenters. The Morgan fingerprint density at radius 2 is 2.00 bits per heavy atom. The zero-order valence-corrected chi connectivity index (χ0v) is 10.5. The molecule has 0 aliphatic heterocycles. The molecule has 102 valence electrons. The van der Waals surface area contributed by atoms with Crippen molar-refractivity contribution in [2.75, 3.05) is 7.11 Å². The van der Waals surface area contributed by atoms with Crippen LogP contribution < -0.4 is 0 Å². The number of hydrogen-bond acceptors (Lipinski definition) is 2. The number of methoxy groups -OCH3 is 1. The van der Waals surface area contributed by atoms with Gasteiger partial charge in [-0.25, -0.2) is 4.68 Å². The summed E-state index contributed by atoms with van der Waals surface area (Å²) in [6.07, 6.45) is -4.43. The summed E-state index contributed by atoms with van der Waals surface area (Å²) >= 11 is 0. The second-order valence-corrected chi connectivity index (χ2v) is 4.18. The molecule has 0 atom stereocenters. The lowest BCUT2D eigenvalue weighted by Crippen LogP contribution is -2.07. The highest BCUT2D eigenvalue weighted by molar-refractivity contribution is 5.37. The second kappa shape index (κ2) is 5.05. The summed E-state index contributed by atoms with van der Waals surface area (Å²) in [6.45, 7) is 1.99. The average molecular weight is 270 g/mol. The van der Waals surface area contributed by atoms with Crippen LogP contribution in [0, 0.1) is 6.92 Å². The van der Waals surface area contributed by atoms with Crippen LogP contribution in [0.5, 0.6) is 0 Å². The van der Waals surface area contributed by atoms with Gasteiger partial charge in [-0.2, -0.15) is 18.3 Å². The number of nitrogens with zero attached hydrogens (tertiary/aromatic N) is 2. The van der Waals surface area contributed by atoms with Crippen LogP contribution in [0.15, 0.2) is 30.3 Å². The lowest BCUT2D eigenvalue weighted by molar-refractivity contribution is -0.141. The van der Waals surface area contributed by atoms with E-state index in [1.165, 1.54) is 4.68 Å². The fraction of sp³-hybridized carbons (Fsp3) is 0.308. The number of hydrogen-bond donors (Lipinski definition) is 0. The van der Waals surface area contributed by atoms with E-state index in [-0.39, 0.29) is 0 Å². The van der Waals surface area contributed by atoms with Crippen LogP contribution in [-0.4, -0.2) is 16.9 Å². The van der Waals surface area contributed by atoms with Gasteiger partial charge in [0, 0.05) is 12.8 Å². The van der Waals surface area contributed by atoms with Crippen molar-refractivity contribution in [3.8, 4) is 5.69 Å². The Bertz CT molecular complexity index is 576. The topological polar surface area (TPSA) is 27.1 Å². The average Bonchev–Trinajstić information content (AvgIpc) is 2.72.